The molecule has 0 radical (unpaired) electrons. The number of carboxylic acids is 1. The molecule has 0 aliphatic carbocycles. The van der Waals surface area contributed by atoms with E-state index in [0.717, 1.165) is 4.90 Å². The van der Waals surface area contributed by atoms with Crippen molar-refractivity contribution in [3.63, 3.8) is 0 Å². The molecule has 3 nitrogen and oxygen atoms in total. The molecule has 0 spiro atoms. The average Bonchev–Trinajstić information content (AvgIpc) is 2.34. The summed E-state index contributed by atoms with van der Waals surface area (Å²) in [4.78, 5) is 12.3. The number of halogens is 4. The average molecular weight is 308 g/mol. The lowest BCUT2D eigenvalue weighted by Crippen LogP contribution is -2.56. The minimum absolute atomic E-state index is 0.0720. The van der Waals surface area contributed by atoms with E-state index in [0.29, 0.717) is 16.3 Å². The molecule has 0 saturated heterocycles. The van der Waals surface area contributed by atoms with Crippen LogP contribution in [0.4, 0.5) is 18.9 Å². The van der Waals surface area contributed by atoms with E-state index in [2.05, 4.69) is 0 Å². The molecule has 0 bridgehead atoms. The second-order valence-electron chi connectivity index (χ2n) is 4.69. The Labute approximate surface area is 118 Å². The Morgan fingerprint density at radius 1 is 1.50 bits per heavy atom. The van der Waals surface area contributed by atoms with Crippen molar-refractivity contribution in [3.05, 3.63) is 28.8 Å². The van der Waals surface area contributed by atoms with Crippen LogP contribution in [0.3, 0.4) is 0 Å². The summed E-state index contributed by atoms with van der Waals surface area (Å²) >= 11 is 5.83. The van der Waals surface area contributed by atoms with E-state index >= 15 is 0 Å². The monoisotopic (exact) mass is 307 g/mol. The largest absolute Gasteiger partial charge is 0.481 e. The van der Waals surface area contributed by atoms with Gasteiger partial charge < -0.3 is 10.0 Å². The minimum atomic E-state index is -4.60. The third-order valence-corrected chi connectivity index (χ3v) is 3.74. The molecule has 1 aliphatic rings. The lowest BCUT2D eigenvalue weighted by Gasteiger charge is -2.42. The summed E-state index contributed by atoms with van der Waals surface area (Å²) in [6.45, 7) is 1.64. The molecule has 0 amide bonds. The van der Waals surface area contributed by atoms with E-state index < -0.39 is 24.1 Å². The van der Waals surface area contributed by atoms with E-state index in [1.54, 1.807) is 6.92 Å². The van der Waals surface area contributed by atoms with Gasteiger partial charge in [-0.2, -0.15) is 13.2 Å². The number of nitrogens with zero attached hydrogens (tertiary/aromatic N) is 1. The van der Waals surface area contributed by atoms with Crippen LogP contribution in [0.1, 0.15) is 12.5 Å². The number of carboxylic acid groups (broad SMARTS) is 1. The van der Waals surface area contributed by atoms with E-state index in [9.17, 15) is 18.0 Å². The first-order valence-electron chi connectivity index (χ1n) is 6.10. The highest BCUT2D eigenvalue weighted by molar-refractivity contribution is 6.30. The van der Waals surface area contributed by atoms with Crippen LogP contribution in [0, 0.1) is 5.92 Å². The fraction of sp³-hybridized carbons (Fsp3) is 0.462. The summed E-state index contributed by atoms with van der Waals surface area (Å²) in [7, 11) is 0. The predicted octanol–water partition coefficient (Wildman–Crippen LogP) is 3.35. The van der Waals surface area contributed by atoms with Gasteiger partial charge in [0.2, 0.25) is 0 Å². The fourth-order valence-corrected chi connectivity index (χ4v) is 2.90. The van der Waals surface area contributed by atoms with Crippen LogP contribution in [0.15, 0.2) is 18.2 Å². The molecule has 1 aromatic rings. The van der Waals surface area contributed by atoms with Gasteiger partial charge in [-0.1, -0.05) is 11.6 Å². The maximum Gasteiger partial charge on any atom is 0.409 e. The number of alkyl halides is 3. The van der Waals surface area contributed by atoms with Crippen LogP contribution in [-0.2, 0) is 11.2 Å². The molecular formula is C13H13ClF3NO2. The summed E-state index contributed by atoms with van der Waals surface area (Å²) in [5, 5.41) is 9.50. The first kappa shape index (κ1) is 15.0. The standard InChI is InChI=1S/C13H13ClF3NO2/c1-2-18-10-4-3-8(14)5-7(10)6-9(12(19)20)11(18)13(15,16)17/h3-5,9,11H,2,6H2,1H3,(H,19,20)/t9-,11+/m1/s1. The molecule has 1 aromatic carbocycles. The van der Waals surface area contributed by atoms with E-state index in [1.165, 1.54) is 18.2 Å². The second kappa shape index (κ2) is 5.16. The molecule has 2 atom stereocenters. The highest BCUT2D eigenvalue weighted by Gasteiger charge is 2.53. The quantitative estimate of drug-likeness (QED) is 0.911. The number of fused-ring (bicyclic) bond motifs is 1. The van der Waals surface area contributed by atoms with Crippen molar-refractivity contribution in [2.45, 2.75) is 25.6 Å². The minimum Gasteiger partial charge on any atom is -0.481 e. The van der Waals surface area contributed by atoms with Crippen LogP contribution in [0.25, 0.3) is 0 Å². The van der Waals surface area contributed by atoms with Gasteiger partial charge >= 0.3 is 12.1 Å². The Kier molecular flexibility index (Phi) is 3.86. The van der Waals surface area contributed by atoms with Gasteiger partial charge in [-0.15, -0.1) is 0 Å². The zero-order chi connectivity index (χ0) is 15.1. The smallest absolute Gasteiger partial charge is 0.409 e. The SMILES string of the molecule is CCN1c2ccc(Cl)cc2C[C@@H](C(=O)O)[C@H]1C(F)(F)F. The third-order valence-electron chi connectivity index (χ3n) is 3.50. The van der Waals surface area contributed by atoms with Gasteiger partial charge in [-0.3, -0.25) is 4.79 Å². The summed E-state index contributed by atoms with van der Waals surface area (Å²) in [5.41, 5.74) is 0.934. The van der Waals surface area contributed by atoms with Crippen LogP contribution in [0.5, 0.6) is 0 Å². The fourth-order valence-electron chi connectivity index (χ4n) is 2.71. The van der Waals surface area contributed by atoms with Gasteiger partial charge in [0, 0.05) is 17.3 Å². The van der Waals surface area contributed by atoms with Crippen molar-refractivity contribution in [1.82, 2.24) is 0 Å². The Morgan fingerprint density at radius 3 is 2.65 bits per heavy atom. The van der Waals surface area contributed by atoms with E-state index in [4.69, 9.17) is 16.7 Å². The number of benzene rings is 1. The first-order chi connectivity index (χ1) is 9.25. The van der Waals surface area contributed by atoms with E-state index in [-0.39, 0.29) is 13.0 Å². The van der Waals surface area contributed by atoms with Crippen LogP contribution < -0.4 is 4.90 Å². The molecule has 7 heteroatoms. The van der Waals surface area contributed by atoms with Gasteiger partial charge in [0.1, 0.15) is 6.04 Å². The molecule has 110 valence electrons. The number of carbonyl (C=O) groups is 1. The van der Waals surface area contributed by atoms with Gasteiger partial charge in [0.15, 0.2) is 0 Å². The first-order valence-corrected chi connectivity index (χ1v) is 6.48. The molecule has 0 saturated carbocycles. The molecule has 0 unspecified atom stereocenters. The number of aliphatic carboxylic acids is 1. The van der Waals surface area contributed by atoms with Crippen LogP contribution in [-0.4, -0.2) is 29.8 Å². The zero-order valence-corrected chi connectivity index (χ0v) is 11.4. The van der Waals surface area contributed by atoms with Gasteiger partial charge in [-0.05, 0) is 37.1 Å². The van der Waals surface area contributed by atoms with Crippen molar-refractivity contribution >= 4 is 23.3 Å². The van der Waals surface area contributed by atoms with Crippen molar-refractivity contribution in [3.8, 4) is 0 Å². The lowest BCUT2D eigenvalue weighted by atomic mass is 9.85. The molecule has 1 aliphatic heterocycles. The zero-order valence-electron chi connectivity index (χ0n) is 10.6. The van der Waals surface area contributed by atoms with Crippen molar-refractivity contribution in [2.75, 3.05) is 11.4 Å². The second-order valence-corrected chi connectivity index (χ2v) is 5.13. The van der Waals surface area contributed by atoms with Crippen molar-refractivity contribution in [1.29, 1.82) is 0 Å². The summed E-state index contributed by atoms with van der Waals surface area (Å²) in [6.07, 6.45) is -4.78. The maximum absolute atomic E-state index is 13.2. The molecule has 1 heterocycles. The Bertz CT molecular complexity index is 533. The van der Waals surface area contributed by atoms with Crippen molar-refractivity contribution < 1.29 is 23.1 Å². The van der Waals surface area contributed by atoms with Crippen LogP contribution in [0.2, 0.25) is 5.02 Å². The molecule has 0 fully saturated rings. The van der Waals surface area contributed by atoms with E-state index in [1.807, 2.05) is 0 Å². The Hall–Kier alpha value is -1.43. The topological polar surface area (TPSA) is 40.5 Å². The van der Waals surface area contributed by atoms with Gasteiger partial charge in [0.05, 0.1) is 5.92 Å². The molecule has 0 aromatic heterocycles. The highest BCUT2D eigenvalue weighted by Crippen LogP contribution is 2.41. The summed E-state index contributed by atoms with van der Waals surface area (Å²) < 4.78 is 39.7. The number of hydrogen-bond donors (Lipinski definition) is 1. The lowest BCUT2D eigenvalue weighted by molar-refractivity contribution is -0.174. The van der Waals surface area contributed by atoms with Gasteiger partial charge in [0.25, 0.3) is 0 Å². The molecule has 1 N–H and O–H groups in total. The Balaban J connectivity index is 2.56. The molecule has 20 heavy (non-hydrogen) atoms. The summed E-state index contributed by atoms with van der Waals surface area (Å²) in [6, 6.07) is 2.54. The number of rotatable bonds is 2. The normalized spacial score (nSPS) is 22.6. The number of anilines is 1. The Morgan fingerprint density at radius 2 is 2.15 bits per heavy atom. The molecular weight excluding hydrogens is 295 g/mol. The van der Waals surface area contributed by atoms with Crippen LogP contribution >= 0.6 is 11.6 Å². The predicted molar refractivity (Wildman–Crippen MR) is 69.1 cm³/mol. The maximum atomic E-state index is 13.2. The number of hydrogen-bond acceptors (Lipinski definition) is 2. The summed E-state index contributed by atoms with van der Waals surface area (Å²) in [5.74, 6) is -2.97. The molecule has 2 rings (SSSR count). The van der Waals surface area contributed by atoms with Crippen molar-refractivity contribution in [2.24, 2.45) is 5.92 Å². The van der Waals surface area contributed by atoms with Gasteiger partial charge in [-0.25, -0.2) is 0 Å². The highest BCUT2D eigenvalue weighted by atomic mass is 35.5. The third kappa shape index (κ3) is 2.57.